The molecule has 0 radical (unpaired) electrons. The van der Waals surface area contributed by atoms with Gasteiger partial charge >= 0.3 is 0 Å². The molecule has 208 valence electrons. The fourth-order valence-electron chi connectivity index (χ4n) is 4.70. The summed E-state index contributed by atoms with van der Waals surface area (Å²) in [7, 11) is 4.35. The van der Waals surface area contributed by atoms with Crippen LogP contribution in [0.4, 0.5) is 20.2 Å². The number of hydrogen-bond donors (Lipinski definition) is 3. The van der Waals surface area contributed by atoms with Crippen LogP contribution in [0.15, 0.2) is 83.2 Å². The number of allylic oxidation sites excluding steroid dienone is 2. The van der Waals surface area contributed by atoms with Gasteiger partial charge in [0, 0.05) is 28.5 Å². The molecule has 0 unspecified atom stereocenters. The molecule has 0 atom stereocenters. The fraction of sp³-hybridized carbons (Fsp3) is 0.200. The van der Waals surface area contributed by atoms with Crippen molar-refractivity contribution in [2.45, 2.75) is 19.8 Å². The average Bonchev–Trinajstić information content (AvgIpc) is 2.94. The maximum Gasteiger partial charge on any atom is 0.254 e. The van der Waals surface area contributed by atoms with Crippen molar-refractivity contribution in [2.75, 3.05) is 32.0 Å². The molecule has 1 aliphatic heterocycles. The minimum absolute atomic E-state index is 0.0277. The van der Waals surface area contributed by atoms with Crippen LogP contribution in [-0.2, 0) is 9.59 Å². The summed E-state index contributed by atoms with van der Waals surface area (Å²) in [6.45, 7) is 3.35. The molecular weight excluding hydrogens is 520 g/mol. The van der Waals surface area contributed by atoms with Gasteiger partial charge in [-0.2, -0.15) is 0 Å². The third-order valence-electron chi connectivity index (χ3n) is 6.51. The first-order chi connectivity index (χ1) is 19.2. The Hall–Kier alpha value is -4.86. The topological polar surface area (TPSA) is 97.9 Å². The molecule has 2 amide bonds. The Balaban J connectivity index is 1.89. The zero-order valence-corrected chi connectivity index (χ0v) is 22.6. The third kappa shape index (κ3) is 5.47. The Labute approximate surface area is 230 Å². The number of rotatable bonds is 8. The first kappa shape index (κ1) is 28.2. The van der Waals surface area contributed by atoms with Crippen LogP contribution >= 0.6 is 0 Å². The van der Waals surface area contributed by atoms with Crippen LogP contribution in [0.1, 0.15) is 25.3 Å². The maximum absolute atomic E-state index is 14.5. The number of methoxy groups -OCH3 is 3. The van der Waals surface area contributed by atoms with Crippen molar-refractivity contribution in [2.24, 2.45) is 0 Å². The van der Waals surface area contributed by atoms with Crippen LogP contribution in [0.2, 0.25) is 0 Å². The molecular formula is C30H29F2N3O5. The second kappa shape index (κ2) is 11.9. The highest BCUT2D eigenvalue weighted by Gasteiger charge is 2.38. The summed E-state index contributed by atoms with van der Waals surface area (Å²) in [5.74, 6) is -2.60. The number of amides is 2. The number of ether oxygens (including phenoxy) is 3. The Morgan fingerprint density at radius 2 is 1.15 bits per heavy atom. The SMILES string of the molecule is COc1cc(C2C(C(=O)Nc3ccccc3F)=C(C)NC(C)=C2C(=O)Nc2ccccc2F)cc(OC)c1OC. The lowest BCUT2D eigenvalue weighted by Gasteiger charge is -2.32. The number of halogens is 2. The molecule has 3 aromatic carbocycles. The number of carbonyl (C=O) groups excluding carboxylic acids is 2. The predicted molar refractivity (Wildman–Crippen MR) is 147 cm³/mol. The van der Waals surface area contributed by atoms with E-state index in [4.69, 9.17) is 14.2 Å². The number of benzene rings is 3. The lowest BCUT2D eigenvalue weighted by atomic mass is 9.79. The molecule has 3 aromatic rings. The molecule has 3 N–H and O–H groups in total. The zero-order valence-electron chi connectivity index (χ0n) is 22.6. The summed E-state index contributed by atoms with van der Waals surface area (Å²) in [5.41, 5.74) is 1.55. The monoisotopic (exact) mass is 549 g/mol. The van der Waals surface area contributed by atoms with Crippen LogP contribution in [0, 0.1) is 11.6 Å². The Kier molecular flexibility index (Phi) is 8.37. The van der Waals surface area contributed by atoms with Gasteiger partial charge in [0.15, 0.2) is 11.5 Å². The quantitative estimate of drug-likeness (QED) is 0.343. The minimum Gasteiger partial charge on any atom is -0.493 e. The summed E-state index contributed by atoms with van der Waals surface area (Å²) >= 11 is 0. The van der Waals surface area contributed by atoms with E-state index in [0.29, 0.717) is 34.2 Å². The van der Waals surface area contributed by atoms with Crippen LogP contribution in [0.3, 0.4) is 0 Å². The molecule has 0 spiro atoms. The van der Waals surface area contributed by atoms with E-state index in [9.17, 15) is 18.4 Å². The van der Waals surface area contributed by atoms with E-state index in [1.807, 2.05) is 0 Å². The number of anilines is 2. The van der Waals surface area contributed by atoms with Gasteiger partial charge in [0.25, 0.3) is 11.8 Å². The lowest BCUT2D eigenvalue weighted by Crippen LogP contribution is -2.35. The zero-order chi connectivity index (χ0) is 29.0. The van der Waals surface area contributed by atoms with Gasteiger partial charge in [-0.05, 0) is 55.8 Å². The Morgan fingerprint density at radius 3 is 1.52 bits per heavy atom. The van der Waals surface area contributed by atoms with Crippen molar-refractivity contribution in [3.8, 4) is 17.2 Å². The minimum atomic E-state index is -0.992. The van der Waals surface area contributed by atoms with E-state index in [2.05, 4.69) is 16.0 Å². The van der Waals surface area contributed by atoms with Crippen molar-refractivity contribution in [3.63, 3.8) is 0 Å². The van der Waals surface area contributed by atoms with Crippen molar-refractivity contribution >= 4 is 23.2 Å². The molecule has 4 rings (SSSR count). The van der Waals surface area contributed by atoms with E-state index in [0.717, 1.165) is 0 Å². The van der Waals surface area contributed by atoms with Crippen LogP contribution in [0.25, 0.3) is 0 Å². The van der Waals surface area contributed by atoms with Crippen LogP contribution < -0.4 is 30.2 Å². The summed E-state index contributed by atoms with van der Waals surface area (Å²) in [6, 6.07) is 14.8. The standard InChI is InChI=1S/C30H29F2N3O5/c1-16-25(29(36)34-21-12-8-6-10-19(21)31)27(18-14-23(38-3)28(40-5)24(15-18)39-4)26(17(2)33-16)30(37)35-22-13-9-7-11-20(22)32/h6-15,27,33H,1-5H3,(H,34,36)(H,35,37). The molecule has 0 aliphatic carbocycles. The van der Waals surface area contributed by atoms with E-state index in [1.54, 1.807) is 38.1 Å². The largest absolute Gasteiger partial charge is 0.493 e. The summed E-state index contributed by atoms with van der Waals surface area (Å²) < 4.78 is 45.4. The summed E-state index contributed by atoms with van der Waals surface area (Å²) in [5, 5.41) is 8.30. The van der Waals surface area contributed by atoms with Crippen LogP contribution in [-0.4, -0.2) is 33.1 Å². The second-order valence-corrected chi connectivity index (χ2v) is 8.96. The molecule has 0 saturated heterocycles. The first-order valence-electron chi connectivity index (χ1n) is 12.3. The highest BCUT2D eigenvalue weighted by Crippen LogP contribution is 2.46. The van der Waals surface area contributed by atoms with Gasteiger partial charge in [0.1, 0.15) is 11.6 Å². The molecule has 1 heterocycles. The number of dihydropyridines is 1. The van der Waals surface area contributed by atoms with E-state index < -0.39 is 29.4 Å². The molecule has 40 heavy (non-hydrogen) atoms. The fourth-order valence-corrected chi connectivity index (χ4v) is 4.70. The van der Waals surface area contributed by atoms with Gasteiger partial charge in [0.2, 0.25) is 5.75 Å². The van der Waals surface area contributed by atoms with E-state index in [1.165, 1.54) is 57.7 Å². The summed E-state index contributed by atoms with van der Waals surface area (Å²) in [4.78, 5) is 27.5. The van der Waals surface area contributed by atoms with E-state index in [-0.39, 0.29) is 22.5 Å². The van der Waals surface area contributed by atoms with Gasteiger partial charge < -0.3 is 30.2 Å². The average molecular weight is 550 g/mol. The van der Waals surface area contributed by atoms with Gasteiger partial charge in [-0.3, -0.25) is 9.59 Å². The number of carbonyl (C=O) groups is 2. The number of nitrogens with one attached hydrogen (secondary N) is 3. The Bertz CT molecular complexity index is 1430. The van der Waals surface area contributed by atoms with Crippen LogP contribution in [0.5, 0.6) is 17.2 Å². The van der Waals surface area contributed by atoms with E-state index >= 15 is 0 Å². The molecule has 0 saturated carbocycles. The van der Waals surface area contributed by atoms with Crippen molar-refractivity contribution in [1.29, 1.82) is 0 Å². The lowest BCUT2D eigenvalue weighted by molar-refractivity contribution is -0.113. The highest BCUT2D eigenvalue weighted by molar-refractivity contribution is 6.12. The molecule has 0 aromatic heterocycles. The predicted octanol–water partition coefficient (Wildman–Crippen LogP) is 5.50. The van der Waals surface area contributed by atoms with Gasteiger partial charge in [0.05, 0.1) is 32.7 Å². The normalized spacial score (nSPS) is 13.5. The second-order valence-electron chi connectivity index (χ2n) is 8.96. The number of para-hydroxylation sites is 2. The maximum atomic E-state index is 14.5. The molecule has 0 bridgehead atoms. The highest BCUT2D eigenvalue weighted by atomic mass is 19.1. The van der Waals surface area contributed by atoms with Crippen molar-refractivity contribution in [3.05, 3.63) is 100 Å². The van der Waals surface area contributed by atoms with Gasteiger partial charge in [-0.15, -0.1) is 0 Å². The first-order valence-corrected chi connectivity index (χ1v) is 12.3. The van der Waals surface area contributed by atoms with Gasteiger partial charge in [-0.25, -0.2) is 8.78 Å². The smallest absolute Gasteiger partial charge is 0.254 e. The number of hydrogen-bond acceptors (Lipinski definition) is 6. The third-order valence-corrected chi connectivity index (χ3v) is 6.51. The molecule has 0 fully saturated rings. The molecule has 1 aliphatic rings. The molecule has 10 heteroatoms. The van der Waals surface area contributed by atoms with Crippen molar-refractivity contribution in [1.82, 2.24) is 5.32 Å². The summed E-state index contributed by atoms with van der Waals surface area (Å²) in [6.07, 6.45) is 0. The Morgan fingerprint density at radius 1 is 0.725 bits per heavy atom. The van der Waals surface area contributed by atoms with Crippen molar-refractivity contribution < 1.29 is 32.6 Å². The molecule has 8 nitrogen and oxygen atoms in total. The van der Waals surface area contributed by atoms with Gasteiger partial charge in [-0.1, -0.05) is 24.3 Å².